The van der Waals surface area contributed by atoms with Gasteiger partial charge in [-0.05, 0) is 46.6 Å². The van der Waals surface area contributed by atoms with Crippen LogP contribution in [0.1, 0.15) is 71.4 Å². The largest absolute Gasteiger partial charge is 0.508 e. The fourth-order valence-electron chi connectivity index (χ4n) is 3.86. The highest BCUT2D eigenvalue weighted by molar-refractivity contribution is 5.92. The number of rotatable bonds is 7. The molecule has 3 N–H and O–H groups in total. The highest BCUT2D eigenvalue weighted by Crippen LogP contribution is 2.30. The summed E-state index contributed by atoms with van der Waals surface area (Å²) in [7, 11) is 0. The number of amides is 3. The van der Waals surface area contributed by atoms with Crippen molar-refractivity contribution in [2.45, 2.75) is 83.5 Å². The Morgan fingerprint density at radius 3 is 2.42 bits per heavy atom. The van der Waals surface area contributed by atoms with Crippen LogP contribution in [0.2, 0.25) is 0 Å². The zero-order valence-corrected chi connectivity index (χ0v) is 19.8. The summed E-state index contributed by atoms with van der Waals surface area (Å²) in [4.78, 5) is 39.9. The minimum atomic E-state index is -1.23. The van der Waals surface area contributed by atoms with Gasteiger partial charge in [0.1, 0.15) is 30.0 Å². The van der Waals surface area contributed by atoms with Crippen molar-refractivity contribution in [3.63, 3.8) is 0 Å². The van der Waals surface area contributed by atoms with E-state index in [0.717, 1.165) is 37.0 Å². The van der Waals surface area contributed by atoms with Crippen LogP contribution in [-0.2, 0) is 14.3 Å². The van der Waals surface area contributed by atoms with E-state index in [1.807, 2.05) is 6.07 Å². The molecular formula is C24H34N4O5. The van der Waals surface area contributed by atoms with Crippen molar-refractivity contribution in [1.82, 2.24) is 15.5 Å². The van der Waals surface area contributed by atoms with E-state index in [9.17, 15) is 24.8 Å². The molecule has 180 valence electrons. The van der Waals surface area contributed by atoms with E-state index in [2.05, 4.69) is 10.6 Å². The molecule has 33 heavy (non-hydrogen) atoms. The third kappa shape index (κ3) is 7.67. The summed E-state index contributed by atoms with van der Waals surface area (Å²) in [5, 5.41) is 25.3. The topological polar surface area (TPSA) is 132 Å². The lowest BCUT2D eigenvalue weighted by molar-refractivity contribution is -0.141. The Labute approximate surface area is 195 Å². The zero-order valence-electron chi connectivity index (χ0n) is 19.8. The molecule has 0 heterocycles. The van der Waals surface area contributed by atoms with Gasteiger partial charge >= 0.3 is 6.09 Å². The maximum Gasteiger partial charge on any atom is 0.408 e. The first-order valence-corrected chi connectivity index (χ1v) is 11.3. The standard InChI is InChI=1S/C24H34N4O5/c1-16(26-23(32)33-24(2,3)4)22(31)28(15-14-25)20(18-12-8-9-13-19(18)29)21(30)27-17-10-6-5-7-11-17/h8-9,12-13,16-17,20,29H,5-7,10-11,15H2,1-4H3,(H,26,32)(H,27,30). The molecule has 1 fully saturated rings. The molecule has 2 rings (SSSR count). The third-order valence-corrected chi connectivity index (χ3v) is 5.37. The van der Waals surface area contributed by atoms with Crippen molar-refractivity contribution >= 4 is 17.9 Å². The van der Waals surface area contributed by atoms with Gasteiger partial charge in [-0.15, -0.1) is 0 Å². The molecule has 1 aliphatic rings. The van der Waals surface area contributed by atoms with Gasteiger partial charge in [-0.1, -0.05) is 37.5 Å². The second kappa shape index (κ2) is 11.5. The van der Waals surface area contributed by atoms with Crippen LogP contribution >= 0.6 is 0 Å². The molecule has 0 spiro atoms. The monoisotopic (exact) mass is 458 g/mol. The van der Waals surface area contributed by atoms with Crippen molar-refractivity contribution in [2.75, 3.05) is 6.54 Å². The number of hydrogen-bond acceptors (Lipinski definition) is 6. The lowest BCUT2D eigenvalue weighted by Gasteiger charge is -2.33. The van der Waals surface area contributed by atoms with Gasteiger partial charge in [0.2, 0.25) is 11.8 Å². The summed E-state index contributed by atoms with van der Waals surface area (Å²) < 4.78 is 5.21. The van der Waals surface area contributed by atoms with E-state index in [0.29, 0.717) is 0 Å². The van der Waals surface area contributed by atoms with Crippen LogP contribution in [0.5, 0.6) is 5.75 Å². The number of benzene rings is 1. The summed E-state index contributed by atoms with van der Waals surface area (Å²) >= 11 is 0. The number of alkyl carbamates (subject to hydrolysis) is 1. The lowest BCUT2D eigenvalue weighted by atomic mass is 9.94. The van der Waals surface area contributed by atoms with Crippen molar-refractivity contribution in [2.24, 2.45) is 0 Å². The van der Waals surface area contributed by atoms with E-state index in [-0.39, 0.29) is 17.4 Å². The van der Waals surface area contributed by atoms with Gasteiger partial charge in [-0.25, -0.2) is 4.79 Å². The molecule has 3 amide bonds. The quantitative estimate of drug-likeness (QED) is 0.538. The highest BCUT2D eigenvalue weighted by Gasteiger charge is 2.36. The number of carbonyl (C=O) groups excluding carboxylic acids is 3. The molecule has 0 radical (unpaired) electrons. The van der Waals surface area contributed by atoms with Gasteiger partial charge in [0, 0.05) is 11.6 Å². The summed E-state index contributed by atoms with van der Waals surface area (Å²) in [5.41, 5.74) is -0.545. The Balaban J connectivity index is 2.32. The normalized spacial score (nSPS) is 16.1. The smallest absolute Gasteiger partial charge is 0.408 e. The maximum atomic E-state index is 13.4. The highest BCUT2D eigenvalue weighted by atomic mass is 16.6. The van der Waals surface area contributed by atoms with Crippen molar-refractivity contribution in [3.8, 4) is 11.8 Å². The molecule has 1 aromatic rings. The summed E-state index contributed by atoms with van der Waals surface area (Å²) in [5.74, 6) is -1.28. The van der Waals surface area contributed by atoms with Gasteiger partial charge in [0.25, 0.3) is 0 Å². The van der Waals surface area contributed by atoms with Crippen LogP contribution in [0.25, 0.3) is 0 Å². The summed E-state index contributed by atoms with van der Waals surface area (Å²) in [6, 6.07) is 5.82. The van der Waals surface area contributed by atoms with Crippen molar-refractivity contribution < 1.29 is 24.2 Å². The summed E-state index contributed by atoms with van der Waals surface area (Å²) in [6.45, 7) is 6.15. The lowest BCUT2D eigenvalue weighted by Crippen LogP contribution is -2.53. The molecule has 2 atom stereocenters. The number of hydrogen-bond donors (Lipinski definition) is 3. The number of ether oxygens (including phenoxy) is 1. The first kappa shape index (κ1) is 26.0. The average Bonchev–Trinajstić information content (AvgIpc) is 2.73. The SMILES string of the molecule is CC(NC(=O)OC(C)(C)C)C(=O)N(CC#N)C(C(=O)NC1CCCCC1)c1ccccc1O. The van der Waals surface area contributed by atoms with Gasteiger partial charge in [0.15, 0.2) is 0 Å². The van der Waals surface area contributed by atoms with Crippen molar-refractivity contribution in [1.29, 1.82) is 5.26 Å². The Morgan fingerprint density at radius 1 is 1.21 bits per heavy atom. The molecule has 9 heteroatoms. The minimum Gasteiger partial charge on any atom is -0.508 e. The van der Waals surface area contributed by atoms with E-state index in [1.54, 1.807) is 39.0 Å². The number of nitrogens with zero attached hydrogens (tertiary/aromatic N) is 2. The zero-order chi connectivity index (χ0) is 24.6. The van der Waals surface area contributed by atoms with E-state index < -0.39 is 42.1 Å². The first-order chi connectivity index (χ1) is 15.5. The molecule has 0 aromatic heterocycles. The Morgan fingerprint density at radius 2 is 1.85 bits per heavy atom. The van der Waals surface area contributed by atoms with Crippen molar-refractivity contribution in [3.05, 3.63) is 29.8 Å². The third-order valence-electron chi connectivity index (χ3n) is 5.37. The molecule has 1 aliphatic carbocycles. The Kier molecular flexibility index (Phi) is 9.09. The van der Waals surface area contributed by atoms with E-state index in [4.69, 9.17) is 4.74 Å². The van der Waals surface area contributed by atoms with Crippen LogP contribution in [0.15, 0.2) is 24.3 Å². The molecule has 0 saturated heterocycles. The van der Waals surface area contributed by atoms with Crippen LogP contribution in [0.4, 0.5) is 4.79 Å². The average molecular weight is 459 g/mol. The molecule has 1 aromatic carbocycles. The Hall–Kier alpha value is -3.28. The molecule has 9 nitrogen and oxygen atoms in total. The molecule has 1 saturated carbocycles. The Bertz CT molecular complexity index is 884. The van der Waals surface area contributed by atoms with Crippen LogP contribution in [0.3, 0.4) is 0 Å². The van der Waals surface area contributed by atoms with Gasteiger partial charge < -0.3 is 25.4 Å². The van der Waals surface area contributed by atoms with Gasteiger partial charge in [-0.3, -0.25) is 9.59 Å². The second-order valence-corrected chi connectivity index (χ2v) is 9.30. The first-order valence-electron chi connectivity index (χ1n) is 11.3. The minimum absolute atomic E-state index is 0.0315. The predicted molar refractivity (Wildman–Crippen MR) is 122 cm³/mol. The number of phenols is 1. The molecular weight excluding hydrogens is 424 g/mol. The van der Waals surface area contributed by atoms with Gasteiger partial charge in [-0.2, -0.15) is 5.26 Å². The number of carbonyl (C=O) groups is 3. The number of aromatic hydroxyl groups is 1. The number of nitriles is 1. The molecule has 2 unspecified atom stereocenters. The number of para-hydroxylation sites is 1. The van der Waals surface area contributed by atoms with E-state index >= 15 is 0 Å². The molecule has 0 aliphatic heterocycles. The number of nitrogens with one attached hydrogen (secondary N) is 2. The van der Waals surface area contributed by atoms with E-state index in [1.165, 1.54) is 13.0 Å². The fraction of sp³-hybridized carbons (Fsp3) is 0.583. The fourth-order valence-corrected chi connectivity index (χ4v) is 3.86. The van der Waals surface area contributed by atoms with Crippen LogP contribution in [0, 0.1) is 11.3 Å². The molecule has 0 bridgehead atoms. The van der Waals surface area contributed by atoms with Crippen LogP contribution < -0.4 is 10.6 Å². The summed E-state index contributed by atoms with van der Waals surface area (Å²) in [6.07, 6.45) is 4.01. The second-order valence-electron chi connectivity index (χ2n) is 9.30. The predicted octanol–water partition coefficient (Wildman–Crippen LogP) is 3.15. The number of phenolic OH excluding ortho intramolecular Hbond substituents is 1. The maximum absolute atomic E-state index is 13.4. The van der Waals surface area contributed by atoms with Gasteiger partial charge in [0.05, 0.1) is 6.07 Å². The van der Waals surface area contributed by atoms with Crippen LogP contribution in [-0.4, -0.2) is 52.1 Å².